The lowest BCUT2D eigenvalue weighted by Crippen LogP contribution is -2.49. The first-order valence-electron chi connectivity index (χ1n) is 11.2. The van der Waals surface area contributed by atoms with Crippen molar-refractivity contribution < 1.29 is 19.0 Å². The lowest BCUT2D eigenvalue weighted by atomic mass is 9.93. The van der Waals surface area contributed by atoms with Crippen LogP contribution in [0.2, 0.25) is 0 Å². The Bertz CT molecular complexity index is 905. The molecule has 1 aliphatic heterocycles. The van der Waals surface area contributed by atoms with Crippen LogP contribution in [0.3, 0.4) is 0 Å². The van der Waals surface area contributed by atoms with Gasteiger partial charge in [-0.25, -0.2) is 0 Å². The summed E-state index contributed by atoms with van der Waals surface area (Å²) in [6.07, 6.45) is 2.36. The van der Waals surface area contributed by atoms with Crippen LogP contribution in [0.1, 0.15) is 50.3 Å². The third kappa shape index (κ3) is 5.46. The molecule has 0 radical (unpaired) electrons. The molecule has 5 nitrogen and oxygen atoms in total. The van der Waals surface area contributed by atoms with Gasteiger partial charge >= 0.3 is 5.97 Å². The van der Waals surface area contributed by atoms with Crippen LogP contribution >= 0.6 is 0 Å². The van der Waals surface area contributed by atoms with Gasteiger partial charge in [-0.2, -0.15) is 0 Å². The molecule has 1 fully saturated rings. The highest BCUT2D eigenvalue weighted by Crippen LogP contribution is 2.43. The summed E-state index contributed by atoms with van der Waals surface area (Å²) >= 11 is 0. The van der Waals surface area contributed by atoms with Crippen molar-refractivity contribution in [2.24, 2.45) is 0 Å². The van der Waals surface area contributed by atoms with Crippen molar-refractivity contribution in [2.45, 2.75) is 57.8 Å². The highest BCUT2D eigenvalue weighted by atomic mass is 16.6. The molecular formula is C26H33NO4. The van der Waals surface area contributed by atoms with Gasteiger partial charge in [-0.1, -0.05) is 36.4 Å². The summed E-state index contributed by atoms with van der Waals surface area (Å²) < 4.78 is 17.8. The highest BCUT2D eigenvalue weighted by molar-refractivity contribution is 5.70. The number of esters is 1. The lowest BCUT2D eigenvalue weighted by molar-refractivity contribution is -0.156. The summed E-state index contributed by atoms with van der Waals surface area (Å²) in [5, 5.41) is 0. The van der Waals surface area contributed by atoms with E-state index in [4.69, 9.17) is 14.2 Å². The number of nitrogens with zero attached hydrogens (tertiary/aromatic N) is 1. The van der Waals surface area contributed by atoms with Gasteiger partial charge in [0.25, 0.3) is 0 Å². The van der Waals surface area contributed by atoms with Gasteiger partial charge in [0.15, 0.2) is 0 Å². The van der Waals surface area contributed by atoms with Gasteiger partial charge in [0.1, 0.15) is 23.6 Å². The lowest BCUT2D eigenvalue weighted by Gasteiger charge is -2.41. The van der Waals surface area contributed by atoms with Crippen LogP contribution < -0.4 is 4.74 Å². The normalized spacial score (nSPS) is 21.1. The Morgan fingerprint density at radius 2 is 1.97 bits per heavy atom. The zero-order valence-corrected chi connectivity index (χ0v) is 18.9. The van der Waals surface area contributed by atoms with E-state index in [9.17, 15) is 4.79 Å². The van der Waals surface area contributed by atoms with Crippen LogP contribution in [0.25, 0.3) is 0 Å². The number of benzene rings is 2. The molecule has 31 heavy (non-hydrogen) atoms. The number of carbonyl (C=O) groups is 1. The number of rotatable bonds is 6. The zero-order chi connectivity index (χ0) is 21.9. The second-order valence-corrected chi connectivity index (χ2v) is 9.55. The molecule has 1 heterocycles. The molecule has 0 aromatic heterocycles. The Kier molecular flexibility index (Phi) is 6.35. The molecule has 0 saturated carbocycles. The zero-order valence-electron chi connectivity index (χ0n) is 18.9. The van der Waals surface area contributed by atoms with E-state index in [2.05, 4.69) is 35.2 Å². The molecule has 5 heteroatoms. The quantitative estimate of drug-likeness (QED) is 0.642. The third-order valence-electron chi connectivity index (χ3n) is 5.93. The minimum Gasteiger partial charge on any atom is -0.489 e. The van der Waals surface area contributed by atoms with Crippen LogP contribution in [-0.2, 0) is 32.9 Å². The standard InChI is InChI=1S/C26H33NO4/c1-25(2,3)31-24(28)12-14-27-15-16-30-26(19-27)13-11-21-17-22(9-10-23(21)26)29-18-20-7-5-4-6-8-20/h4-10,17H,11-16,18-19H2,1-3H3. The Balaban J connectivity index is 1.37. The average Bonchev–Trinajstić information content (AvgIpc) is 3.07. The topological polar surface area (TPSA) is 48.0 Å². The molecule has 1 unspecified atom stereocenters. The maximum atomic E-state index is 12.1. The van der Waals surface area contributed by atoms with Crippen LogP contribution in [0, 0.1) is 0 Å². The second-order valence-electron chi connectivity index (χ2n) is 9.55. The highest BCUT2D eigenvalue weighted by Gasteiger charge is 2.43. The van der Waals surface area contributed by atoms with Crippen molar-refractivity contribution >= 4 is 5.97 Å². The Morgan fingerprint density at radius 3 is 2.74 bits per heavy atom. The monoisotopic (exact) mass is 423 g/mol. The van der Waals surface area contributed by atoms with Crippen molar-refractivity contribution in [3.63, 3.8) is 0 Å². The van der Waals surface area contributed by atoms with E-state index in [0.29, 0.717) is 26.2 Å². The van der Waals surface area contributed by atoms with Gasteiger partial charge in [0, 0.05) is 19.6 Å². The fourth-order valence-electron chi connectivity index (χ4n) is 4.53. The third-order valence-corrected chi connectivity index (χ3v) is 5.93. The number of carbonyl (C=O) groups excluding carboxylic acids is 1. The molecule has 2 aliphatic rings. The maximum absolute atomic E-state index is 12.1. The van der Waals surface area contributed by atoms with Crippen LogP contribution in [0.15, 0.2) is 48.5 Å². The van der Waals surface area contributed by atoms with Crippen molar-refractivity contribution in [1.82, 2.24) is 4.90 Å². The predicted molar refractivity (Wildman–Crippen MR) is 120 cm³/mol. The number of aryl methyl sites for hydroxylation is 1. The largest absolute Gasteiger partial charge is 0.489 e. The van der Waals surface area contributed by atoms with E-state index < -0.39 is 5.60 Å². The van der Waals surface area contributed by atoms with E-state index in [1.165, 1.54) is 11.1 Å². The predicted octanol–water partition coefficient (Wildman–Crippen LogP) is 4.47. The van der Waals surface area contributed by atoms with Gasteiger partial charge in [-0.05, 0) is 62.4 Å². The van der Waals surface area contributed by atoms with Gasteiger partial charge in [-0.3, -0.25) is 9.69 Å². The maximum Gasteiger partial charge on any atom is 0.307 e. The minimum absolute atomic E-state index is 0.139. The molecule has 1 aliphatic carbocycles. The molecule has 166 valence electrons. The van der Waals surface area contributed by atoms with E-state index in [0.717, 1.165) is 37.2 Å². The first-order valence-corrected chi connectivity index (χ1v) is 11.2. The molecule has 0 amide bonds. The fraction of sp³-hybridized carbons (Fsp3) is 0.500. The molecule has 4 rings (SSSR count). The molecule has 1 spiro atoms. The molecule has 0 N–H and O–H groups in total. The van der Waals surface area contributed by atoms with Crippen molar-refractivity contribution in [1.29, 1.82) is 0 Å². The van der Waals surface area contributed by atoms with E-state index in [1.807, 2.05) is 39.0 Å². The molecule has 1 saturated heterocycles. The van der Waals surface area contributed by atoms with Crippen molar-refractivity contribution in [3.8, 4) is 5.75 Å². The van der Waals surface area contributed by atoms with Crippen LogP contribution in [-0.4, -0.2) is 42.7 Å². The van der Waals surface area contributed by atoms with Gasteiger partial charge in [-0.15, -0.1) is 0 Å². The number of morpholine rings is 1. The van der Waals surface area contributed by atoms with Crippen molar-refractivity contribution in [3.05, 3.63) is 65.2 Å². The summed E-state index contributed by atoms with van der Waals surface area (Å²) in [7, 11) is 0. The summed E-state index contributed by atoms with van der Waals surface area (Å²) in [6.45, 7) is 9.32. The second kappa shape index (κ2) is 9.01. The summed E-state index contributed by atoms with van der Waals surface area (Å²) in [4.78, 5) is 14.5. The average molecular weight is 424 g/mol. The Hall–Kier alpha value is -2.37. The Labute approximate surface area is 185 Å². The van der Waals surface area contributed by atoms with Gasteiger partial charge in [0.05, 0.1) is 13.0 Å². The number of hydrogen-bond acceptors (Lipinski definition) is 5. The van der Waals surface area contributed by atoms with Crippen molar-refractivity contribution in [2.75, 3.05) is 26.2 Å². The van der Waals surface area contributed by atoms with E-state index >= 15 is 0 Å². The van der Waals surface area contributed by atoms with Gasteiger partial charge in [0.2, 0.25) is 0 Å². The summed E-state index contributed by atoms with van der Waals surface area (Å²) in [5.74, 6) is 0.761. The molecule has 0 bridgehead atoms. The fourth-order valence-corrected chi connectivity index (χ4v) is 4.53. The molecule has 1 atom stereocenters. The minimum atomic E-state index is -0.437. The molecule has 2 aromatic carbocycles. The summed E-state index contributed by atoms with van der Waals surface area (Å²) in [5.41, 5.74) is 3.02. The van der Waals surface area contributed by atoms with Crippen LogP contribution in [0.4, 0.5) is 0 Å². The summed E-state index contributed by atoms with van der Waals surface area (Å²) in [6, 6.07) is 16.6. The molecule has 2 aromatic rings. The van der Waals surface area contributed by atoms with E-state index in [-0.39, 0.29) is 11.6 Å². The SMILES string of the molecule is CC(C)(C)OC(=O)CCN1CCOC2(CCc3cc(OCc4ccccc4)ccc32)C1. The first-order chi connectivity index (χ1) is 14.8. The number of fused-ring (bicyclic) bond motifs is 2. The number of ether oxygens (including phenoxy) is 3. The van der Waals surface area contributed by atoms with Gasteiger partial charge < -0.3 is 14.2 Å². The number of hydrogen-bond donors (Lipinski definition) is 0. The first kappa shape index (κ1) is 21.8. The molecular weight excluding hydrogens is 390 g/mol. The Morgan fingerprint density at radius 1 is 1.16 bits per heavy atom. The smallest absolute Gasteiger partial charge is 0.307 e. The van der Waals surface area contributed by atoms with E-state index in [1.54, 1.807) is 0 Å². The van der Waals surface area contributed by atoms with Crippen LogP contribution in [0.5, 0.6) is 5.75 Å².